The minimum absolute atomic E-state index is 0.0608. The number of ether oxygens (including phenoxy) is 1. The predicted octanol–water partition coefficient (Wildman–Crippen LogP) is 5.76. The number of nitrogens with zero attached hydrogens (tertiary/aromatic N) is 1. The lowest BCUT2D eigenvalue weighted by Crippen LogP contribution is -2.46. The molecule has 0 fully saturated rings. The molecule has 0 spiro atoms. The molecule has 2 unspecified atom stereocenters. The number of amides is 1. The van der Waals surface area contributed by atoms with E-state index in [1.807, 2.05) is 12.1 Å². The van der Waals surface area contributed by atoms with Gasteiger partial charge in [-0.3, -0.25) is 20.0 Å². The van der Waals surface area contributed by atoms with Crippen LogP contribution in [0.15, 0.2) is 72.3 Å². The van der Waals surface area contributed by atoms with Gasteiger partial charge in [-0.2, -0.15) is 8.78 Å². The van der Waals surface area contributed by atoms with Crippen molar-refractivity contribution in [2.75, 3.05) is 11.9 Å². The highest BCUT2D eigenvalue weighted by atomic mass is 31.0. The SMILES string of the molecule is C/C=C(\C=C/C(C)=O)C(=N)N(N)C(C(=O)Nc1ccc(C(C)(C)C)cc1)c1ccc(OCC(F)(F)P)cc1. The van der Waals surface area contributed by atoms with Gasteiger partial charge in [-0.25, -0.2) is 5.84 Å². The summed E-state index contributed by atoms with van der Waals surface area (Å²) in [4.78, 5) is 24.9. The number of anilines is 1. The summed E-state index contributed by atoms with van der Waals surface area (Å²) in [5.74, 6) is 5.58. The zero-order valence-electron chi connectivity index (χ0n) is 22.2. The summed E-state index contributed by atoms with van der Waals surface area (Å²) >= 11 is 0. The van der Waals surface area contributed by atoms with E-state index in [9.17, 15) is 18.4 Å². The van der Waals surface area contributed by atoms with Crippen molar-refractivity contribution < 1.29 is 23.1 Å². The summed E-state index contributed by atoms with van der Waals surface area (Å²) < 4.78 is 31.4. The molecule has 0 aliphatic heterocycles. The molecule has 38 heavy (non-hydrogen) atoms. The van der Waals surface area contributed by atoms with Crippen molar-refractivity contribution in [3.05, 3.63) is 83.5 Å². The minimum Gasteiger partial charge on any atom is -0.487 e. The van der Waals surface area contributed by atoms with E-state index in [2.05, 4.69) is 26.1 Å². The standard InChI is InChI=1S/C28H35F2N4O3P/c1-6-19(8-7-18(2)35)25(31)34(32)24(20-9-15-23(16-10-20)37-17-28(29,30)38)26(36)33-22-13-11-21(12-14-22)27(3,4)5/h6-16,24,31H,17,32,38H2,1-5H3,(H,33,36)/b8-7-,19-6+,31-25?. The van der Waals surface area contributed by atoms with Crippen LogP contribution in [0.1, 0.15) is 51.8 Å². The highest BCUT2D eigenvalue weighted by Gasteiger charge is 2.29. The van der Waals surface area contributed by atoms with Gasteiger partial charge in [-0.1, -0.05) is 60.4 Å². The highest BCUT2D eigenvalue weighted by Crippen LogP contribution is 2.28. The van der Waals surface area contributed by atoms with E-state index in [-0.39, 0.29) is 22.8 Å². The van der Waals surface area contributed by atoms with Crippen LogP contribution in [0.3, 0.4) is 0 Å². The quantitative estimate of drug-likeness (QED) is 0.0671. The first kappa shape index (κ1) is 30.8. The lowest BCUT2D eigenvalue weighted by molar-refractivity contribution is -0.120. The zero-order valence-corrected chi connectivity index (χ0v) is 23.4. The molecule has 7 nitrogen and oxygen atoms in total. The maximum atomic E-state index is 13.5. The van der Waals surface area contributed by atoms with Crippen molar-refractivity contribution in [1.82, 2.24) is 5.01 Å². The van der Waals surface area contributed by atoms with Gasteiger partial charge in [0.25, 0.3) is 11.6 Å². The number of amidine groups is 1. The molecule has 204 valence electrons. The van der Waals surface area contributed by atoms with E-state index < -0.39 is 24.2 Å². The van der Waals surface area contributed by atoms with Gasteiger partial charge in [0.1, 0.15) is 11.6 Å². The lowest BCUT2D eigenvalue weighted by atomic mass is 9.87. The molecule has 0 heterocycles. The first-order chi connectivity index (χ1) is 17.6. The fraction of sp³-hybridized carbons (Fsp3) is 0.321. The second-order valence-corrected chi connectivity index (χ2v) is 10.6. The van der Waals surface area contributed by atoms with Gasteiger partial charge in [-0.05, 0) is 66.8 Å². The molecule has 4 N–H and O–H groups in total. The summed E-state index contributed by atoms with van der Waals surface area (Å²) in [6.07, 6.45) is 4.35. The Balaban J connectivity index is 2.39. The van der Waals surface area contributed by atoms with Gasteiger partial charge in [0.2, 0.25) is 0 Å². The summed E-state index contributed by atoms with van der Waals surface area (Å²) in [5, 5.41) is 12.4. The maximum Gasteiger partial charge on any atom is 0.291 e. The number of rotatable bonds is 10. The van der Waals surface area contributed by atoms with Crippen LogP contribution in [-0.4, -0.2) is 34.8 Å². The topological polar surface area (TPSA) is 109 Å². The maximum absolute atomic E-state index is 13.5. The molecular formula is C28H35F2N4O3P. The Morgan fingerprint density at radius 3 is 2.16 bits per heavy atom. The number of nitrogens with two attached hydrogens (primary N) is 1. The van der Waals surface area contributed by atoms with E-state index >= 15 is 0 Å². The number of benzene rings is 2. The second-order valence-electron chi connectivity index (χ2n) is 9.78. The fourth-order valence-electron chi connectivity index (χ4n) is 3.43. The van der Waals surface area contributed by atoms with Crippen LogP contribution in [0, 0.1) is 5.41 Å². The molecule has 2 aromatic rings. The number of ketones is 1. The smallest absolute Gasteiger partial charge is 0.291 e. The zero-order chi connectivity index (χ0) is 28.7. The van der Waals surface area contributed by atoms with Crippen molar-refractivity contribution in [1.29, 1.82) is 5.41 Å². The molecule has 1 amide bonds. The van der Waals surface area contributed by atoms with Gasteiger partial charge in [0.05, 0.1) is 0 Å². The van der Waals surface area contributed by atoms with Crippen molar-refractivity contribution in [2.45, 2.75) is 51.7 Å². The number of nitrogens with one attached hydrogen (secondary N) is 2. The van der Waals surface area contributed by atoms with Crippen LogP contribution in [0.4, 0.5) is 14.5 Å². The Kier molecular flexibility index (Phi) is 10.5. The molecule has 0 saturated carbocycles. The fourth-order valence-corrected chi connectivity index (χ4v) is 3.51. The van der Waals surface area contributed by atoms with Crippen LogP contribution in [0.2, 0.25) is 0 Å². The molecule has 0 bridgehead atoms. The Morgan fingerprint density at radius 2 is 1.68 bits per heavy atom. The Bertz CT molecular complexity index is 1200. The third-order valence-corrected chi connectivity index (χ3v) is 5.68. The number of carbonyl (C=O) groups excluding carboxylic acids is 2. The van der Waals surface area contributed by atoms with Gasteiger partial charge in [-0.15, -0.1) is 0 Å². The molecule has 0 radical (unpaired) electrons. The summed E-state index contributed by atoms with van der Waals surface area (Å²) in [6.45, 7) is 8.49. The Hall–Kier alpha value is -3.42. The number of hydrogen-bond acceptors (Lipinski definition) is 5. The Morgan fingerprint density at radius 1 is 1.11 bits per heavy atom. The molecule has 0 aliphatic carbocycles. The molecule has 10 heteroatoms. The molecule has 0 aliphatic rings. The second kappa shape index (κ2) is 12.9. The summed E-state index contributed by atoms with van der Waals surface area (Å²) in [6, 6.07) is 12.2. The van der Waals surface area contributed by atoms with E-state index in [1.165, 1.54) is 52.6 Å². The number of hydrazine groups is 1. The van der Waals surface area contributed by atoms with Crippen LogP contribution in [0.25, 0.3) is 0 Å². The van der Waals surface area contributed by atoms with E-state index in [0.717, 1.165) is 10.6 Å². The summed E-state index contributed by atoms with van der Waals surface area (Å²) in [7, 11) is 1.41. The third kappa shape index (κ3) is 9.15. The van der Waals surface area contributed by atoms with Gasteiger partial charge < -0.3 is 10.1 Å². The van der Waals surface area contributed by atoms with E-state index in [4.69, 9.17) is 16.0 Å². The molecular weight excluding hydrogens is 509 g/mol. The van der Waals surface area contributed by atoms with Crippen LogP contribution >= 0.6 is 9.24 Å². The number of halogens is 2. The number of allylic oxidation sites excluding steroid dienone is 2. The van der Waals surface area contributed by atoms with Crippen molar-refractivity contribution >= 4 is 32.5 Å². The first-order valence-corrected chi connectivity index (χ1v) is 12.5. The lowest BCUT2D eigenvalue weighted by Gasteiger charge is -2.29. The van der Waals surface area contributed by atoms with E-state index in [1.54, 1.807) is 25.1 Å². The van der Waals surface area contributed by atoms with Crippen molar-refractivity contribution in [2.24, 2.45) is 5.84 Å². The predicted molar refractivity (Wildman–Crippen MR) is 150 cm³/mol. The number of carbonyl (C=O) groups is 2. The average molecular weight is 545 g/mol. The highest BCUT2D eigenvalue weighted by molar-refractivity contribution is 7.18. The van der Waals surface area contributed by atoms with Crippen LogP contribution < -0.4 is 15.9 Å². The largest absolute Gasteiger partial charge is 0.487 e. The third-order valence-electron chi connectivity index (χ3n) is 5.51. The summed E-state index contributed by atoms with van der Waals surface area (Å²) in [5.41, 5.74) is -0.776. The minimum atomic E-state index is -3.08. The van der Waals surface area contributed by atoms with Gasteiger partial charge >= 0.3 is 0 Å². The van der Waals surface area contributed by atoms with Crippen molar-refractivity contribution in [3.63, 3.8) is 0 Å². The van der Waals surface area contributed by atoms with E-state index in [0.29, 0.717) is 16.8 Å². The normalized spacial score (nSPS) is 13.2. The number of hydrogen-bond donors (Lipinski definition) is 3. The molecule has 0 saturated heterocycles. The first-order valence-electron chi connectivity index (χ1n) is 11.9. The van der Waals surface area contributed by atoms with Gasteiger partial charge in [0, 0.05) is 11.3 Å². The molecule has 0 aromatic heterocycles. The monoisotopic (exact) mass is 544 g/mol. The van der Waals surface area contributed by atoms with Crippen molar-refractivity contribution in [3.8, 4) is 5.75 Å². The molecule has 2 rings (SSSR count). The molecule has 2 aromatic carbocycles. The van der Waals surface area contributed by atoms with Crippen LogP contribution in [-0.2, 0) is 15.0 Å². The molecule has 2 atom stereocenters. The average Bonchev–Trinajstić information content (AvgIpc) is 2.83. The van der Waals surface area contributed by atoms with Crippen LogP contribution in [0.5, 0.6) is 5.75 Å². The number of alkyl halides is 2. The van der Waals surface area contributed by atoms with Gasteiger partial charge in [0.15, 0.2) is 18.4 Å². The Labute approximate surface area is 224 Å².